The van der Waals surface area contributed by atoms with Crippen molar-refractivity contribution < 1.29 is 32.7 Å². The normalized spacial score (nSPS) is 10.4. The Labute approximate surface area is 91.4 Å². The van der Waals surface area contributed by atoms with Crippen LogP contribution in [0.2, 0.25) is 0 Å². The van der Waals surface area contributed by atoms with Crippen molar-refractivity contribution in [2.24, 2.45) is 0 Å². The average Bonchev–Trinajstić information content (AvgIpc) is 2.18. The summed E-state index contributed by atoms with van der Waals surface area (Å²) in [6.45, 7) is -3.38. The molecule has 0 saturated heterocycles. The third-order valence-electron chi connectivity index (χ3n) is 1.70. The van der Waals surface area contributed by atoms with E-state index < -0.39 is 40.3 Å². The molecule has 6 nitrogen and oxygen atoms in total. The summed E-state index contributed by atoms with van der Waals surface area (Å²) in [5.74, 6) is -4.36. The van der Waals surface area contributed by atoms with E-state index in [-0.39, 0.29) is 0 Å². The minimum atomic E-state index is -3.38. The molecule has 0 spiro atoms. The maximum atomic E-state index is 13.0. The molecule has 0 atom stereocenters. The standard InChI is InChI=1S/C8H4F3NO5/c9-3-1-2-4(17-8(10)11)5(7(13)14)6(3)12(15)16/h1-2,8H,(H,13,14). The van der Waals surface area contributed by atoms with Crippen LogP contribution in [-0.4, -0.2) is 22.6 Å². The SMILES string of the molecule is O=C(O)c1c(OC(F)F)ccc(F)c1[N+](=O)[O-]. The largest absolute Gasteiger partial charge is 0.477 e. The zero-order chi connectivity index (χ0) is 13.2. The average molecular weight is 251 g/mol. The molecular weight excluding hydrogens is 247 g/mol. The van der Waals surface area contributed by atoms with Gasteiger partial charge >= 0.3 is 18.3 Å². The Kier molecular flexibility index (Phi) is 3.51. The number of nitro groups is 1. The molecule has 0 aliphatic rings. The van der Waals surface area contributed by atoms with Crippen LogP contribution < -0.4 is 4.74 Å². The number of hydrogen-bond acceptors (Lipinski definition) is 4. The highest BCUT2D eigenvalue weighted by atomic mass is 19.3. The van der Waals surface area contributed by atoms with Gasteiger partial charge in [-0.05, 0) is 12.1 Å². The van der Waals surface area contributed by atoms with Gasteiger partial charge in [-0.2, -0.15) is 13.2 Å². The van der Waals surface area contributed by atoms with Crippen LogP contribution in [0.1, 0.15) is 10.4 Å². The molecule has 1 aromatic carbocycles. The molecule has 0 bridgehead atoms. The van der Waals surface area contributed by atoms with Crippen LogP contribution in [0.3, 0.4) is 0 Å². The summed E-state index contributed by atoms with van der Waals surface area (Å²) in [4.78, 5) is 19.8. The summed E-state index contributed by atoms with van der Waals surface area (Å²) in [5.41, 5.74) is -2.68. The molecule has 0 aliphatic heterocycles. The summed E-state index contributed by atoms with van der Waals surface area (Å²) in [7, 11) is 0. The molecule has 92 valence electrons. The Morgan fingerprint density at radius 2 is 2.06 bits per heavy atom. The molecule has 0 aromatic heterocycles. The number of ether oxygens (including phenoxy) is 1. The predicted octanol–water partition coefficient (Wildman–Crippen LogP) is 2.03. The quantitative estimate of drug-likeness (QED) is 0.653. The van der Waals surface area contributed by atoms with Gasteiger partial charge < -0.3 is 9.84 Å². The number of carbonyl (C=O) groups is 1. The molecule has 1 N–H and O–H groups in total. The number of nitro benzene ring substituents is 1. The first-order chi connectivity index (χ1) is 7.84. The van der Waals surface area contributed by atoms with Gasteiger partial charge in [-0.25, -0.2) is 4.79 Å². The number of rotatable bonds is 4. The number of benzene rings is 1. The van der Waals surface area contributed by atoms with Gasteiger partial charge in [0.2, 0.25) is 5.82 Å². The lowest BCUT2D eigenvalue weighted by atomic mass is 10.1. The van der Waals surface area contributed by atoms with E-state index in [2.05, 4.69) is 4.74 Å². The van der Waals surface area contributed by atoms with Crippen LogP contribution in [-0.2, 0) is 0 Å². The number of alkyl halides is 2. The summed E-state index contributed by atoms with van der Waals surface area (Å²) in [5, 5.41) is 19.1. The first-order valence-corrected chi connectivity index (χ1v) is 3.99. The fourth-order valence-electron chi connectivity index (χ4n) is 1.13. The zero-order valence-electron chi connectivity index (χ0n) is 7.89. The first-order valence-electron chi connectivity index (χ1n) is 3.99. The van der Waals surface area contributed by atoms with Crippen LogP contribution in [0, 0.1) is 15.9 Å². The molecule has 9 heteroatoms. The lowest BCUT2D eigenvalue weighted by Crippen LogP contribution is -2.11. The van der Waals surface area contributed by atoms with Gasteiger partial charge in [-0.1, -0.05) is 0 Å². The van der Waals surface area contributed by atoms with Crippen molar-refractivity contribution in [2.45, 2.75) is 6.61 Å². The van der Waals surface area contributed by atoms with E-state index in [9.17, 15) is 28.1 Å². The number of hydrogen-bond donors (Lipinski definition) is 1. The molecule has 0 fully saturated rings. The molecular formula is C8H4F3NO5. The van der Waals surface area contributed by atoms with Crippen molar-refractivity contribution in [1.29, 1.82) is 0 Å². The Morgan fingerprint density at radius 1 is 1.47 bits per heavy atom. The number of carboxylic acid groups (broad SMARTS) is 1. The number of halogens is 3. The summed E-state index contributed by atoms with van der Waals surface area (Å²) >= 11 is 0. The highest BCUT2D eigenvalue weighted by Crippen LogP contribution is 2.32. The Balaban J connectivity index is 3.47. The molecule has 0 unspecified atom stereocenters. The van der Waals surface area contributed by atoms with Crippen LogP contribution in [0.25, 0.3) is 0 Å². The fraction of sp³-hybridized carbons (Fsp3) is 0.125. The molecule has 0 radical (unpaired) electrons. The fourth-order valence-corrected chi connectivity index (χ4v) is 1.13. The molecule has 0 amide bonds. The van der Waals surface area contributed by atoms with E-state index in [1.165, 1.54) is 0 Å². The van der Waals surface area contributed by atoms with Gasteiger partial charge in [0.25, 0.3) is 0 Å². The number of carboxylic acids is 1. The topological polar surface area (TPSA) is 89.7 Å². The van der Waals surface area contributed by atoms with Crippen LogP contribution in [0.5, 0.6) is 5.75 Å². The first kappa shape index (κ1) is 12.7. The minimum Gasteiger partial charge on any atom is -0.477 e. The van der Waals surface area contributed by atoms with Gasteiger partial charge in [0.05, 0.1) is 4.92 Å². The molecule has 17 heavy (non-hydrogen) atoms. The van der Waals surface area contributed by atoms with E-state index in [0.29, 0.717) is 12.1 Å². The molecule has 1 aromatic rings. The smallest absolute Gasteiger partial charge is 0.387 e. The van der Waals surface area contributed by atoms with Crippen molar-refractivity contribution in [3.8, 4) is 5.75 Å². The number of nitrogens with zero attached hydrogens (tertiary/aromatic N) is 1. The molecule has 0 saturated carbocycles. The van der Waals surface area contributed by atoms with Gasteiger partial charge in [-0.3, -0.25) is 10.1 Å². The Morgan fingerprint density at radius 3 is 2.47 bits per heavy atom. The highest BCUT2D eigenvalue weighted by molar-refractivity contribution is 5.95. The highest BCUT2D eigenvalue weighted by Gasteiger charge is 2.30. The van der Waals surface area contributed by atoms with E-state index in [0.717, 1.165) is 0 Å². The summed E-state index contributed by atoms with van der Waals surface area (Å²) in [6, 6.07) is 1.06. The Hall–Kier alpha value is -2.32. The minimum absolute atomic E-state index is 0.474. The monoisotopic (exact) mass is 251 g/mol. The molecule has 0 heterocycles. The second kappa shape index (κ2) is 4.68. The van der Waals surface area contributed by atoms with E-state index in [1.54, 1.807) is 0 Å². The van der Waals surface area contributed by atoms with Gasteiger partial charge in [-0.15, -0.1) is 0 Å². The van der Waals surface area contributed by atoms with Gasteiger partial charge in [0.15, 0.2) is 5.56 Å². The summed E-state index contributed by atoms with van der Waals surface area (Å²) < 4.78 is 40.6. The van der Waals surface area contributed by atoms with Crippen LogP contribution in [0.15, 0.2) is 12.1 Å². The maximum absolute atomic E-state index is 13.0. The van der Waals surface area contributed by atoms with E-state index >= 15 is 0 Å². The van der Waals surface area contributed by atoms with Gasteiger partial charge in [0.1, 0.15) is 5.75 Å². The Bertz CT molecular complexity index is 476. The lowest BCUT2D eigenvalue weighted by Gasteiger charge is -2.08. The lowest BCUT2D eigenvalue weighted by molar-refractivity contribution is -0.388. The molecule has 0 aliphatic carbocycles. The number of aromatic carboxylic acids is 1. The van der Waals surface area contributed by atoms with Crippen molar-refractivity contribution in [1.82, 2.24) is 0 Å². The van der Waals surface area contributed by atoms with Crippen molar-refractivity contribution in [3.63, 3.8) is 0 Å². The van der Waals surface area contributed by atoms with E-state index in [1.807, 2.05) is 0 Å². The van der Waals surface area contributed by atoms with Gasteiger partial charge in [0, 0.05) is 0 Å². The second-order valence-corrected chi connectivity index (χ2v) is 2.71. The van der Waals surface area contributed by atoms with Crippen molar-refractivity contribution in [3.05, 3.63) is 33.6 Å². The van der Waals surface area contributed by atoms with Crippen LogP contribution in [0.4, 0.5) is 18.9 Å². The van der Waals surface area contributed by atoms with Crippen molar-refractivity contribution >= 4 is 11.7 Å². The zero-order valence-corrected chi connectivity index (χ0v) is 7.89. The maximum Gasteiger partial charge on any atom is 0.387 e. The summed E-state index contributed by atoms with van der Waals surface area (Å²) in [6.07, 6.45) is 0. The predicted molar refractivity (Wildman–Crippen MR) is 46.6 cm³/mol. The third kappa shape index (κ3) is 2.62. The molecule has 1 rings (SSSR count). The van der Waals surface area contributed by atoms with Crippen LogP contribution >= 0.6 is 0 Å². The van der Waals surface area contributed by atoms with E-state index in [4.69, 9.17) is 5.11 Å². The second-order valence-electron chi connectivity index (χ2n) is 2.71. The van der Waals surface area contributed by atoms with Crippen molar-refractivity contribution in [2.75, 3.05) is 0 Å². The third-order valence-corrected chi connectivity index (χ3v) is 1.70.